The molecule has 1 atom stereocenters. The lowest BCUT2D eigenvalue weighted by Crippen LogP contribution is -2.10. The first kappa shape index (κ1) is 14.6. The van der Waals surface area contributed by atoms with Crippen LogP contribution in [0.3, 0.4) is 0 Å². The van der Waals surface area contributed by atoms with Gasteiger partial charge in [-0.05, 0) is 36.1 Å². The normalized spacial score (nSPS) is 12.1. The van der Waals surface area contributed by atoms with E-state index in [-0.39, 0.29) is 0 Å². The van der Waals surface area contributed by atoms with Crippen LogP contribution in [-0.2, 0) is 6.42 Å². The summed E-state index contributed by atoms with van der Waals surface area (Å²) in [7, 11) is 0. The molecule has 2 aromatic carbocycles. The minimum Gasteiger partial charge on any atom is -0.378 e. The maximum atomic E-state index is 3.67. The Balaban J connectivity index is 2.08. The van der Waals surface area contributed by atoms with Gasteiger partial charge in [0.25, 0.3) is 0 Å². The second kappa shape index (κ2) is 7.74. The number of hydrogen-bond acceptors (Lipinski definition) is 1. The first-order valence-electron chi connectivity index (χ1n) is 7.74. The highest BCUT2D eigenvalue weighted by atomic mass is 14.9. The summed E-state index contributed by atoms with van der Waals surface area (Å²) in [5, 5.41) is 3.67. The lowest BCUT2D eigenvalue weighted by molar-refractivity contribution is 0.677. The lowest BCUT2D eigenvalue weighted by Gasteiger charge is -2.20. The molecule has 0 aliphatic heterocycles. The quantitative estimate of drug-likeness (QED) is 0.689. The third kappa shape index (κ3) is 4.12. The number of benzene rings is 2. The van der Waals surface area contributed by atoms with E-state index in [1.54, 1.807) is 0 Å². The average Bonchev–Trinajstić information content (AvgIpc) is 2.50. The van der Waals surface area contributed by atoms with Crippen molar-refractivity contribution >= 4 is 5.69 Å². The van der Waals surface area contributed by atoms with Crippen molar-refractivity contribution in [3.05, 3.63) is 65.7 Å². The smallest absolute Gasteiger partial charge is 0.0513 e. The highest BCUT2D eigenvalue weighted by Crippen LogP contribution is 2.24. The molecule has 20 heavy (non-hydrogen) atoms. The number of rotatable bonds is 7. The van der Waals surface area contributed by atoms with Gasteiger partial charge in [-0.1, -0.05) is 69.2 Å². The molecule has 0 aliphatic rings. The van der Waals surface area contributed by atoms with Gasteiger partial charge in [-0.25, -0.2) is 0 Å². The summed E-state index contributed by atoms with van der Waals surface area (Å²) < 4.78 is 0. The van der Waals surface area contributed by atoms with Crippen molar-refractivity contribution in [2.45, 2.75) is 45.6 Å². The molecule has 1 unspecified atom stereocenters. The Morgan fingerprint density at radius 3 is 2.15 bits per heavy atom. The number of aryl methyl sites for hydroxylation is 1. The Morgan fingerprint density at radius 1 is 0.850 bits per heavy atom. The van der Waals surface area contributed by atoms with Gasteiger partial charge >= 0.3 is 0 Å². The van der Waals surface area contributed by atoms with E-state index in [0.29, 0.717) is 6.04 Å². The first-order chi connectivity index (χ1) is 9.83. The van der Waals surface area contributed by atoms with Crippen LogP contribution in [0, 0.1) is 0 Å². The SMILES string of the molecule is CCCc1ccc(NC(CCC)c2ccccc2)cc1. The minimum absolute atomic E-state index is 0.401. The van der Waals surface area contributed by atoms with Gasteiger partial charge in [0.15, 0.2) is 0 Å². The summed E-state index contributed by atoms with van der Waals surface area (Å²) in [4.78, 5) is 0. The van der Waals surface area contributed by atoms with Gasteiger partial charge in [-0.15, -0.1) is 0 Å². The Labute approximate surface area is 123 Å². The molecule has 0 spiro atoms. The summed E-state index contributed by atoms with van der Waals surface area (Å²) in [6.07, 6.45) is 4.70. The summed E-state index contributed by atoms with van der Waals surface area (Å²) in [5.74, 6) is 0. The van der Waals surface area contributed by atoms with Crippen molar-refractivity contribution in [3.8, 4) is 0 Å². The molecule has 0 bridgehead atoms. The van der Waals surface area contributed by atoms with Crippen LogP contribution >= 0.6 is 0 Å². The molecule has 106 valence electrons. The third-order valence-corrected chi connectivity index (χ3v) is 3.61. The highest BCUT2D eigenvalue weighted by Gasteiger charge is 2.09. The zero-order chi connectivity index (χ0) is 14.2. The Kier molecular flexibility index (Phi) is 5.67. The van der Waals surface area contributed by atoms with E-state index in [9.17, 15) is 0 Å². The van der Waals surface area contributed by atoms with E-state index >= 15 is 0 Å². The summed E-state index contributed by atoms with van der Waals surface area (Å²) in [6.45, 7) is 4.46. The van der Waals surface area contributed by atoms with Crippen LogP contribution in [0.2, 0.25) is 0 Å². The van der Waals surface area contributed by atoms with E-state index in [1.165, 1.54) is 29.7 Å². The van der Waals surface area contributed by atoms with Gasteiger partial charge in [0, 0.05) is 5.69 Å². The van der Waals surface area contributed by atoms with Gasteiger partial charge in [0.05, 0.1) is 6.04 Å². The predicted molar refractivity (Wildman–Crippen MR) is 88.2 cm³/mol. The molecule has 0 saturated carbocycles. The monoisotopic (exact) mass is 267 g/mol. The molecule has 0 saturated heterocycles. The molecule has 1 heteroatoms. The molecular weight excluding hydrogens is 242 g/mol. The minimum atomic E-state index is 0.401. The fourth-order valence-electron chi connectivity index (χ4n) is 2.55. The Bertz CT molecular complexity index is 487. The predicted octanol–water partition coefficient (Wildman–Crippen LogP) is 5.59. The van der Waals surface area contributed by atoms with Crippen molar-refractivity contribution in [1.29, 1.82) is 0 Å². The Hall–Kier alpha value is -1.76. The Morgan fingerprint density at radius 2 is 1.55 bits per heavy atom. The molecule has 0 heterocycles. The van der Waals surface area contributed by atoms with Gasteiger partial charge in [0.2, 0.25) is 0 Å². The van der Waals surface area contributed by atoms with Crippen molar-refractivity contribution in [2.75, 3.05) is 5.32 Å². The molecule has 2 aromatic rings. The van der Waals surface area contributed by atoms with Gasteiger partial charge in [-0.2, -0.15) is 0 Å². The molecule has 0 aromatic heterocycles. The molecule has 0 radical (unpaired) electrons. The van der Waals surface area contributed by atoms with Crippen LogP contribution < -0.4 is 5.32 Å². The highest BCUT2D eigenvalue weighted by molar-refractivity contribution is 5.47. The molecule has 1 N–H and O–H groups in total. The lowest BCUT2D eigenvalue weighted by atomic mass is 10.0. The summed E-state index contributed by atoms with van der Waals surface area (Å²) in [5.41, 5.74) is 4.00. The topological polar surface area (TPSA) is 12.0 Å². The fourth-order valence-corrected chi connectivity index (χ4v) is 2.55. The number of nitrogens with one attached hydrogen (secondary N) is 1. The van der Waals surface area contributed by atoms with E-state index in [0.717, 1.165) is 12.8 Å². The van der Waals surface area contributed by atoms with Crippen LogP contribution in [0.15, 0.2) is 54.6 Å². The van der Waals surface area contributed by atoms with Gasteiger partial charge in [-0.3, -0.25) is 0 Å². The maximum absolute atomic E-state index is 3.67. The first-order valence-corrected chi connectivity index (χ1v) is 7.74. The fraction of sp³-hybridized carbons (Fsp3) is 0.368. The van der Waals surface area contributed by atoms with Crippen LogP contribution in [0.1, 0.15) is 50.3 Å². The van der Waals surface area contributed by atoms with Crippen LogP contribution in [0.4, 0.5) is 5.69 Å². The van der Waals surface area contributed by atoms with E-state index in [1.807, 2.05) is 0 Å². The third-order valence-electron chi connectivity index (χ3n) is 3.61. The standard InChI is InChI=1S/C19H25N/c1-3-8-16-12-14-18(15-13-16)20-19(9-4-2)17-10-6-5-7-11-17/h5-7,10-15,19-20H,3-4,8-9H2,1-2H3. The van der Waals surface area contributed by atoms with Crippen molar-refractivity contribution in [2.24, 2.45) is 0 Å². The molecular formula is C19H25N. The van der Waals surface area contributed by atoms with E-state index in [4.69, 9.17) is 0 Å². The molecule has 1 nitrogen and oxygen atoms in total. The van der Waals surface area contributed by atoms with Crippen molar-refractivity contribution in [1.82, 2.24) is 0 Å². The number of hydrogen-bond donors (Lipinski definition) is 1. The van der Waals surface area contributed by atoms with Crippen LogP contribution in [0.5, 0.6) is 0 Å². The molecule has 0 fully saturated rings. The van der Waals surface area contributed by atoms with Crippen molar-refractivity contribution in [3.63, 3.8) is 0 Å². The molecule has 2 rings (SSSR count). The average molecular weight is 267 g/mol. The zero-order valence-electron chi connectivity index (χ0n) is 12.6. The van der Waals surface area contributed by atoms with E-state index in [2.05, 4.69) is 73.8 Å². The summed E-state index contributed by atoms with van der Waals surface area (Å²) in [6, 6.07) is 20.0. The van der Waals surface area contributed by atoms with Gasteiger partial charge in [0.1, 0.15) is 0 Å². The second-order valence-electron chi connectivity index (χ2n) is 5.34. The largest absolute Gasteiger partial charge is 0.378 e. The van der Waals surface area contributed by atoms with Crippen LogP contribution in [0.25, 0.3) is 0 Å². The molecule has 0 aliphatic carbocycles. The van der Waals surface area contributed by atoms with Crippen LogP contribution in [-0.4, -0.2) is 0 Å². The van der Waals surface area contributed by atoms with Crippen molar-refractivity contribution < 1.29 is 0 Å². The molecule has 0 amide bonds. The number of anilines is 1. The van der Waals surface area contributed by atoms with E-state index < -0.39 is 0 Å². The summed E-state index contributed by atoms with van der Waals surface area (Å²) >= 11 is 0. The maximum Gasteiger partial charge on any atom is 0.0513 e. The van der Waals surface area contributed by atoms with Gasteiger partial charge < -0.3 is 5.32 Å². The zero-order valence-corrected chi connectivity index (χ0v) is 12.6. The second-order valence-corrected chi connectivity index (χ2v) is 5.34.